The molecule has 0 bridgehead atoms. The zero-order valence-corrected chi connectivity index (χ0v) is 21.6. The van der Waals surface area contributed by atoms with Crippen molar-refractivity contribution in [1.29, 1.82) is 0 Å². The average molecular weight is 549 g/mol. The van der Waals surface area contributed by atoms with Gasteiger partial charge in [0.25, 0.3) is 0 Å². The topological polar surface area (TPSA) is 145 Å². The second-order valence-corrected chi connectivity index (χ2v) is 9.48. The highest BCUT2D eigenvalue weighted by molar-refractivity contribution is 6.31. The summed E-state index contributed by atoms with van der Waals surface area (Å²) >= 11 is 6.12. The highest BCUT2D eigenvalue weighted by atomic mass is 35.5. The van der Waals surface area contributed by atoms with Crippen molar-refractivity contribution in [1.82, 2.24) is 10.3 Å². The number of halogens is 1. The van der Waals surface area contributed by atoms with Crippen LogP contribution in [0.2, 0.25) is 5.02 Å². The van der Waals surface area contributed by atoms with Crippen LogP contribution in [0.15, 0.2) is 72.8 Å². The molecule has 1 heterocycles. The molecule has 0 radical (unpaired) electrons. The van der Waals surface area contributed by atoms with Crippen LogP contribution in [0.4, 0.5) is 11.4 Å². The standard InChI is InChI=1S/C28H25ClN4O6/c1-17(35)21-12-11-20(29)14-23(21)32-33(25(36)16-34)24(13-18-7-3-2-4-8-18)26(37)31-28(27(38)39)15-19-9-5-6-10-22(19)30-28/h2-12,14,16,24,30,32H,13,15H2,1H3,(H,31,37)(H,38,39). The molecule has 200 valence electrons. The summed E-state index contributed by atoms with van der Waals surface area (Å²) in [4.78, 5) is 63.1. The van der Waals surface area contributed by atoms with Crippen LogP contribution in [-0.2, 0) is 32.0 Å². The van der Waals surface area contributed by atoms with Gasteiger partial charge in [-0.05, 0) is 42.3 Å². The lowest BCUT2D eigenvalue weighted by molar-refractivity contribution is -0.148. The first kappa shape index (κ1) is 27.3. The van der Waals surface area contributed by atoms with Crippen LogP contribution in [0.25, 0.3) is 0 Å². The Labute approximate surface area is 228 Å². The third-order valence-corrected chi connectivity index (χ3v) is 6.58. The number of carbonyl (C=O) groups excluding carboxylic acids is 4. The van der Waals surface area contributed by atoms with Gasteiger partial charge in [0.05, 0.1) is 5.69 Å². The van der Waals surface area contributed by atoms with Crippen LogP contribution < -0.4 is 16.1 Å². The van der Waals surface area contributed by atoms with Gasteiger partial charge in [-0.3, -0.25) is 24.6 Å². The number of carboxylic acid groups (broad SMARTS) is 1. The molecule has 0 saturated carbocycles. The first-order chi connectivity index (χ1) is 18.6. The van der Waals surface area contributed by atoms with Crippen molar-refractivity contribution in [3.8, 4) is 0 Å². The number of ketones is 1. The Balaban J connectivity index is 1.74. The van der Waals surface area contributed by atoms with Gasteiger partial charge in [-0.1, -0.05) is 60.1 Å². The number of nitrogens with one attached hydrogen (secondary N) is 3. The summed E-state index contributed by atoms with van der Waals surface area (Å²) in [6.45, 7) is 1.31. The van der Waals surface area contributed by atoms with E-state index in [-0.39, 0.29) is 41.2 Å². The maximum Gasteiger partial charge on any atom is 0.350 e. The summed E-state index contributed by atoms with van der Waals surface area (Å²) in [5.41, 5.74) is 2.95. The van der Waals surface area contributed by atoms with Crippen molar-refractivity contribution in [2.75, 3.05) is 10.7 Å². The summed E-state index contributed by atoms with van der Waals surface area (Å²) in [7, 11) is 0. The molecule has 4 rings (SSSR count). The Bertz CT molecular complexity index is 1420. The van der Waals surface area contributed by atoms with Crippen molar-refractivity contribution in [2.45, 2.75) is 31.5 Å². The fraction of sp³-hybridized carbons (Fsp3) is 0.179. The molecule has 39 heavy (non-hydrogen) atoms. The first-order valence-corrected chi connectivity index (χ1v) is 12.3. The minimum absolute atomic E-state index is 0.0207. The number of hydrogen-bond acceptors (Lipinski definition) is 7. The maximum atomic E-state index is 13.8. The van der Waals surface area contributed by atoms with E-state index in [9.17, 15) is 29.1 Å². The van der Waals surface area contributed by atoms with Gasteiger partial charge in [-0.15, -0.1) is 0 Å². The lowest BCUT2D eigenvalue weighted by Gasteiger charge is -2.34. The molecule has 11 heteroatoms. The Hall–Kier alpha value is -4.70. The Kier molecular flexibility index (Phi) is 7.96. The van der Waals surface area contributed by atoms with Gasteiger partial charge in [-0.25, -0.2) is 9.80 Å². The monoisotopic (exact) mass is 548 g/mol. The van der Waals surface area contributed by atoms with Crippen molar-refractivity contribution in [2.24, 2.45) is 0 Å². The molecule has 2 amide bonds. The normalized spacial score (nSPS) is 16.3. The smallest absolute Gasteiger partial charge is 0.350 e. The van der Waals surface area contributed by atoms with Gasteiger partial charge in [-0.2, -0.15) is 0 Å². The Morgan fingerprint density at radius 1 is 1.08 bits per heavy atom. The fourth-order valence-electron chi connectivity index (χ4n) is 4.44. The van der Waals surface area contributed by atoms with Gasteiger partial charge >= 0.3 is 11.9 Å². The van der Waals surface area contributed by atoms with Crippen molar-refractivity contribution < 1.29 is 29.1 Å². The van der Waals surface area contributed by atoms with Gasteiger partial charge < -0.3 is 15.7 Å². The Morgan fingerprint density at radius 3 is 2.41 bits per heavy atom. The lowest BCUT2D eigenvalue weighted by atomic mass is 10.0. The summed E-state index contributed by atoms with van der Waals surface area (Å²) in [5, 5.41) is 16.6. The zero-order valence-electron chi connectivity index (χ0n) is 20.8. The second-order valence-electron chi connectivity index (χ2n) is 9.05. The van der Waals surface area contributed by atoms with Crippen LogP contribution in [0.3, 0.4) is 0 Å². The second kappa shape index (κ2) is 11.4. The van der Waals surface area contributed by atoms with E-state index in [4.69, 9.17) is 11.6 Å². The summed E-state index contributed by atoms with van der Waals surface area (Å²) in [6.07, 6.45) is -0.120. The average Bonchev–Trinajstić information content (AvgIpc) is 3.30. The molecular formula is C28H25ClN4O6. The largest absolute Gasteiger partial charge is 0.478 e. The van der Waals surface area contributed by atoms with Crippen molar-refractivity contribution >= 4 is 52.8 Å². The van der Waals surface area contributed by atoms with Gasteiger partial charge in [0.1, 0.15) is 6.04 Å². The molecule has 0 spiro atoms. The van der Waals surface area contributed by atoms with Gasteiger partial charge in [0.2, 0.25) is 17.9 Å². The highest BCUT2D eigenvalue weighted by Gasteiger charge is 2.47. The molecule has 3 aromatic carbocycles. The van der Waals surface area contributed by atoms with E-state index in [2.05, 4.69) is 16.1 Å². The number of hydrogen-bond donors (Lipinski definition) is 4. The van der Waals surface area contributed by atoms with Crippen LogP contribution >= 0.6 is 11.6 Å². The fourth-order valence-corrected chi connectivity index (χ4v) is 4.61. The number of carbonyl (C=O) groups is 5. The summed E-state index contributed by atoms with van der Waals surface area (Å²) in [5.74, 6) is -3.65. The molecule has 0 aromatic heterocycles. The molecule has 4 N–H and O–H groups in total. The number of rotatable bonds is 10. The van der Waals surface area contributed by atoms with Crippen LogP contribution in [0.5, 0.6) is 0 Å². The van der Waals surface area contributed by atoms with Crippen LogP contribution in [0.1, 0.15) is 28.4 Å². The van der Waals surface area contributed by atoms with E-state index in [1.807, 2.05) is 0 Å². The lowest BCUT2D eigenvalue weighted by Crippen LogP contribution is -2.64. The molecule has 0 saturated heterocycles. The number of Topliss-reactive ketones (excluding diaryl/α,β-unsaturated/α-hetero) is 1. The molecule has 3 aromatic rings. The predicted molar refractivity (Wildman–Crippen MR) is 144 cm³/mol. The number of anilines is 2. The highest BCUT2D eigenvalue weighted by Crippen LogP contribution is 2.31. The van der Waals surface area contributed by atoms with Crippen molar-refractivity contribution in [3.63, 3.8) is 0 Å². The van der Waals surface area contributed by atoms with Crippen LogP contribution in [0, 0.1) is 0 Å². The molecule has 2 unspecified atom stereocenters. The number of aliphatic carboxylic acids is 1. The molecule has 10 nitrogen and oxygen atoms in total. The van der Waals surface area contributed by atoms with E-state index in [1.54, 1.807) is 54.6 Å². The number of amides is 2. The Morgan fingerprint density at radius 2 is 1.77 bits per heavy atom. The molecular weight excluding hydrogens is 524 g/mol. The van der Waals surface area contributed by atoms with Gasteiger partial charge in [0.15, 0.2) is 5.78 Å². The van der Waals surface area contributed by atoms with Crippen LogP contribution in [-0.4, -0.2) is 51.7 Å². The van der Waals surface area contributed by atoms with E-state index < -0.39 is 29.5 Å². The number of nitrogens with zero attached hydrogens (tertiary/aromatic N) is 1. The number of hydrazine groups is 1. The van der Waals surface area contributed by atoms with E-state index in [1.165, 1.54) is 25.1 Å². The quantitative estimate of drug-likeness (QED) is 0.131. The van der Waals surface area contributed by atoms with Gasteiger partial charge in [0, 0.05) is 29.1 Å². The van der Waals surface area contributed by atoms with E-state index in [0.717, 1.165) is 5.01 Å². The maximum absolute atomic E-state index is 13.8. The minimum atomic E-state index is -1.90. The molecule has 0 fully saturated rings. The summed E-state index contributed by atoms with van der Waals surface area (Å²) in [6, 6.07) is 18.5. The number of benzene rings is 3. The minimum Gasteiger partial charge on any atom is -0.478 e. The predicted octanol–water partition coefficient (Wildman–Crippen LogP) is 3.07. The number of fused-ring (bicyclic) bond motifs is 1. The number of para-hydroxylation sites is 1. The molecule has 1 aliphatic rings. The summed E-state index contributed by atoms with van der Waals surface area (Å²) < 4.78 is 0. The van der Waals surface area contributed by atoms with E-state index in [0.29, 0.717) is 16.8 Å². The molecule has 1 aliphatic heterocycles. The van der Waals surface area contributed by atoms with E-state index >= 15 is 0 Å². The number of carboxylic acids is 1. The SMILES string of the molecule is CC(=O)c1ccc(Cl)cc1NN(C(=O)C=O)C(Cc1ccccc1)C(=O)NC1(C(=O)O)Cc2ccccc2N1. The third kappa shape index (κ3) is 5.91. The molecule has 2 atom stereocenters. The third-order valence-electron chi connectivity index (χ3n) is 6.35. The van der Waals surface area contributed by atoms with Crippen molar-refractivity contribution in [3.05, 3.63) is 94.5 Å². The molecule has 0 aliphatic carbocycles. The number of aldehydes is 1. The first-order valence-electron chi connectivity index (χ1n) is 11.9. The zero-order chi connectivity index (χ0) is 28.2.